The van der Waals surface area contributed by atoms with Crippen LogP contribution in [0.4, 0.5) is 0 Å². The number of methoxy groups -OCH3 is 2. The van der Waals surface area contributed by atoms with Crippen LogP contribution in [0.2, 0.25) is 0 Å². The Bertz CT molecular complexity index is 976. The van der Waals surface area contributed by atoms with Crippen molar-refractivity contribution in [3.05, 3.63) is 70.1 Å². The highest BCUT2D eigenvalue weighted by molar-refractivity contribution is 7.17. The zero-order valence-electron chi connectivity index (χ0n) is 15.4. The highest BCUT2D eigenvalue weighted by atomic mass is 32.1. The van der Waals surface area contributed by atoms with Crippen LogP contribution in [0.3, 0.4) is 0 Å². The molecule has 0 unspecified atom stereocenters. The second-order valence-electron chi connectivity index (χ2n) is 6.52. The zero-order valence-corrected chi connectivity index (χ0v) is 16.2. The number of rotatable bonds is 5. The maximum Gasteiger partial charge on any atom is 0.261 e. The van der Waals surface area contributed by atoms with E-state index in [1.165, 1.54) is 21.6 Å². The summed E-state index contributed by atoms with van der Waals surface area (Å²) < 4.78 is 10.5. The van der Waals surface area contributed by atoms with Crippen LogP contribution in [-0.2, 0) is 19.4 Å². The Morgan fingerprint density at radius 3 is 2.41 bits per heavy atom. The first-order valence-electron chi connectivity index (χ1n) is 8.89. The standard InChI is InChI=1S/C22H21NO3S/c1-25-17-7-3-14(4-8-17)13-23-22(24)20-12-16-6-5-15-11-18(26-2)9-10-19(15)21(16)27-20/h3-4,7-12H,5-6,13H2,1-2H3,(H,23,24). The van der Waals surface area contributed by atoms with Crippen LogP contribution in [0.25, 0.3) is 10.4 Å². The summed E-state index contributed by atoms with van der Waals surface area (Å²) in [7, 11) is 3.33. The van der Waals surface area contributed by atoms with E-state index in [-0.39, 0.29) is 5.91 Å². The van der Waals surface area contributed by atoms with Gasteiger partial charge >= 0.3 is 0 Å². The smallest absolute Gasteiger partial charge is 0.261 e. The van der Waals surface area contributed by atoms with Gasteiger partial charge in [-0.3, -0.25) is 4.79 Å². The molecule has 2 aromatic carbocycles. The van der Waals surface area contributed by atoms with Gasteiger partial charge in [0.2, 0.25) is 0 Å². The Labute approximate surface area is 162 Å². The van der Waals surface area contributed by atoms with Crippen LogP contribution in [0.1, 0.15) is 26.4 Å². The number of ether oxygens (including phenoxy) is 2. The summed E-state index contributed by atoms with van der Waals surface area (Å²) in [5, 5.41) is 3.01. The van der Waals surface area contributed by atoms with E-state index in [9.17, 15) is 4.79 Å². The van der Waals surface area contributed by atoms with Crippen LogP contribution < -0.4 is 14.8 Å². The fraction of sp³-hybridized carbons (Fsp3) is 0.227. The van der Waals surface area contributed by atoms with Gasteiger partial charge in [0.1, 0.15) is 11.5 Å². The molecule has 1 N–H and O–H groups in total. The molecule has 27 heavy (non-hydrogen) atoms. The van der Waals surface area contributed by atoms with Gasteiger partial charge in [0.05, 0.1) is 19.1 Å². The first-order chi connectivity index (χ1) is 13.2. The van der Waals surface area contributed by atoms with Gasteiger partial charge in [-0.15, -0.1) is 11.3 Å². The van der Waals surface area contributed by atoms with Crippen molar-refractivity contribution in [3.8, 4) is 21.9 Å². The second kappa shape index (κ2) is 7.45. The van der Waals surface area contributed by atoms with E-state index in [0.717, 1.165) is 34.8 Å². The number of hydrogen-bond donors (Lipinski definition) is 1. The predicted octanol–water partition coefficient (Wildman–Crippen LogP) is 4.46. The minimum absolute atomic E-state index is 0.0275. The molecule has 1 aliphatic rings. The largest absolute Gasteiger partial charge is 0.497 e. The van der Waals surface area contributed by atoms with Crippen LogP contribution >= 0.6 is 11.3 Å². The van der Waals surface area contributed by atoms with E-state index in [0.29, 0.717) is 6.54 Å². The van der Waals surface area contributed by atoms with E-state index >= 15 is 0 Å². The van der Waals surface area contributed by atoms with Crippen molar-refractivity contribution in [1.29, 1.82) is 0 Å². The van der Waals surface area contributed by atoms with Gasteiger partial charge in [-0.25, -0.2) is 0 Å². The van der Waals surface area contributed by atoms with Crippen molar-refractivity contribution in [3.63, 3.8) is 0 Å². The SMILES string of the molecule is COc1ccc(CNC(=O)c2cc3c(s2)-c2ccc(OC)cc2CC3)cc1. The Balaban J connectivity index is 1.50. The number of hydrogen-bond acceptors (Lipinski definition) is 4. The highest BCUT2D eigenvalue weighted by Crippen LogP contribution is 2.40. The molecule has 0 spiro atoms. The lowest BCUT2D eigenvalue weighted by atomic mass is 9.91. The average Bonchev–Trinajstić information content (AvgIpc) is 3.16. The molecule has 5 heteroatoms. The summed E-state index contributed by atoms with van der Waals surface area (Å²) in [6.45, 7) is 0.499. The van der Waals surface area contributed by atoms with Gasteiger partial charge in [0.15, 0.2) is 0 Å². The second-order valence-corrected chi connectivity index (χ2v) is 7.57. The van der Waals surface area contributed by atoms with Gasteiger partial charge in [0.25, 0.3) is 5.91 Å². The first kappa shape index (κ1) is 17.6. The van der Waals surface area contributed by atoms with Gasteiger partial charge in [0, 0.05) is 11.4 Å². The summed E-state index contributed by atoms with van der Waals surface area (Å²) in [5.41, 5.74) is 4.81. The van der Waals surface area contributed by atoms with Gasteiger partial charge in [-0.2, -0.15) is 0 Å². The molecule has 0 saturated carbocycles. The summed E-state index contributed by atoms with van der Waals surface area (Å²) in [6, 6.07) is 15.9. The van der Waals surface area contributed by atoms with E-state index in [4.69, 9.17) is 9.47 Å². The van der Waals surface area contributed by atoms with E-state index in [2.05, 4.69) is 17.4 Å². The Hall–Kier alpha value is -2.79. The van der Waals surface area contributed by atoms with Crippen molar-refractivity contribution < 1.29 is 14.3 Å². The number of amides is 1. The van der Waals surface area contributed by atoms with E-state index in [1.807, 2.05) is 36.4 Å². The summed E-state index contributed by atoms with van der Waals surface area (Å²) in [6.07, 6.45) is 1.93. The van der Waals surface area contributed by atoms with Crippen molar-refractivity contribution in [2.75, 3.05) is 14.2 Å². The Morgan fingerprint density at radius 2 is 1.67 bits per heavy atom. The molecule has 3 aromatic rings. The topological polar surface area (TPSA) is 47.6 Å². The molecule has 0 fully saturated rings. The minimum Gasteiger partial charge on any atom is -0.497 e. The Kier molecular flexibility index (Phi) is 4.86. The number of aryl methyl sites for hydroxylation is 2. The molecule has 1 aromatic heterocycles. The van der Waals surface area contributed by atoms with Gasteiger partial charge < -0.3 is 14.8 Å². The number of carbonyl (C=O) groups excluding carboxylic acids is 1. The average molecular weight is 379 g/mol. The van der Waals surface area contributed by atoms with Gasteiger partial charge in [-0.1, -0.05) is 12.1 Å². The number of thiophene rings is 1. The third kappa shape index (κ3) is 3.55. The molecule has 138 valence electrons. The molecule has 0 saturated heterocycles. The minimum atomic E-state index is -0.0275. The third-order valence-corrected chi connectivity index (χ3v) is 6.08. The summed E-state index contributed by atoms with van der Waals surface area (Å²) in [5.74, 6) is 1.66. The highest BCUT2D eigenvalue weighted by Gasteiger charge is 2.22. The molecule has 0 aliphatic heterocycles. The molecule has 0 bridgehead atoms. The van der Waals surface area contributed by atoms with Crippen LogP contribution in [-0.4, -0.2) is 20.1 Å². The van der Waals surface area contributed by atoms with Crippen molar-refractivity contribution in [1.82, 2.24) is 5.32 Å². The molecular formula is C22H21NO3S. The number of carbonyl (C=O) groups is 1. The van der Waals surface area contributed by atoms with Crippen molar-refractivity contribution >= 4 is 17.2 Å². The zero-order chi connectivity index (χ0) is 18.8. The quantitative estimate of drug-likeness (QED) is 0.712. The first-order valence-corrected chi connectivity index (χ1v) is 9.70. The molecule has 4 nitrogen and oxygen atoms in total. The number of nitrogens with one attached hydrogen (secondary N) is 1. The van der Waals surface area contributed by atoms with E-state index in [1.54, 1.807) is 25.6 Å². The lowest BCUT2D eigenvalue weighted by Crippen LogP contribution is -2.21. The van der Waals surface area contributed by atoms with Crippen molar-refractivity contribution in [2.24, 2.45) is 0 Å². The van der Waals surface area contributed by atoms with Gasteiger partial charge in [-0.05, 0) is 71.5 Å². The Morgan fingerprint density at radius 1 is 0.963 bits per heavy atom. The normalized spacial score (nSPS) is 12.1. The molecule has 1 heterocycles. The van der Waals surface area contributed by atoms with Crippen LogP contribution in [0, 0.1) is 0 Å². The number of benzene rings is 2. The lowest BCUT2D eigenvalue weighted by molar-refractivity contribution is 0.0955. The molecule has 1 aliphatic carbocycles. The molecule has 0 atom stereocenters. The van der Waals surface area contributed by atoms with Crippen molar-refractivity contribution in [2.45, 2.75) is 19.4 Å². The molecule has 4 rings (SSSR count). The monoisotopic (exact) mass is 379 g/mol. The summed E-state index contributed by atoms with van der Waals surface area (Å²) in [4.78, 5) is 14.6. The molecule has 1 amide bonds. The van der Waals surface area contributed by atoms with Crippen LogP contribution in [0.15, 0.2) is 48.5 Å². The fourth-order valence-corrected chi connectivity index (χ4v) is 4.55. The van der Waals surface area contributed by atoms with E-state index < -0.39 is 0 Å². The lowest BCUT2D eigenvalue weighted by Gasteiger charge is -2.16. The maximum atomic E-state index is 12.6. The third-order valence-electron chi connectivity index (χ3n) is 4.87. The number of fused-ring (bicyclic) bond motifs is 3. The summed E-state index contributed by atoms with van der Waals surface area (Å²) >= 11 is 1.57. The fourth-order valence-electron chi connectivity index (χ4n) is 3.36. The maximum absolute atomic E-state index is 12.6. The van der Waals surface area contributed by atoms with Crippen LogP contribution in [0.5, 0.6) is 11.5 Å². The molecule has 0 radical (unpaired) electrons. The predicted molar refractivity (Wildman–Crippen MR) is 108 cm³/mol. The molecular weight excluding hydrogens is 358 g/mol.